The minimum atomic E-state index is -4.69. The van der Waals surface area contributed by atoms with Crippen molar-refractivity contribution in [3.05, 3.63) is 41.2 Å². The fraction of sp³-hybridized carbons (Fsp3) is 0.444. The van der Waals surface area contributed by atoms with Crippen molar-refractivity contribution in [3.8, 4) is 5.75 Å². The van der Waals surface area contributed by atoms with Crippen LogP contribution >= 0.6 is 0 Å². The van der Waals surface area contributed by atoms with Gasteiger partial charge in [-0.1, -0.05) is 6.07 Å². The highest BCUT2D eigenvalue weighted by Crippen LogP contribution is 2.30. The Kier molecular flexibility index (Phi) is 5.41. The highest BCUT2D eigenvalue weighted by atomic mass is 19.4. The fourth-order valence-electron chi connectivity index (χ4n) is 3.01. The van der Waals surface area contributed by atoms with Crippen molar-refractivity contribution >= 4 is 11.6 Å². The maximum atomic E-state index is 12.4. The Labute approximate surface area is 155 Å². The van der Waals surface area contributed by atoms with Crippen LogP contribution in [0.3, 0.4) is 0 Å². The van der Waals surface area contributed by atoms with Gasteiger partial charge < -0.3 is 20.1 Å². The van der Waals surface area contributed by atoms with Gasteiger partial charge in [0.25, 0.3) is 0 Å². The molecule has 1 aromatic heterocycles. The molecule has 1 aromatic carbocycles. The maximum Gasteiger partial charge on any atom is 0.573 e. The maximum absolute atomic E-state index is 12.4. The van der Waals surface area contributed by atoms with Gasteiger partial charge >= 0.3 is 6.36 Å². The fourth-order valence-corrected chi connectivity index (χ4v) is 3.01. The van der Waals surface area contributed by atoms with Gasteiger partial charge in [-0.2, -0.15) is 0 Å². The van der Waals surface area contributed by atoms with Gasteiger partial charge in [-0.25, -0.2) is 9.97 Å². The average molecular weight is 382 g/mol. The zero-order chi connectivity index (χ0) is 19.6. The largest absolute Gasteiger partial charge is 0.573 e. The van der Waals surface area contributed by atoms with Crippen molar-refractivity contribution < 1.29 is 23.0 Å². The van der Waals surface area contributed by atoms with E-state index >= 15 is 0 Å². The number of aromatic nitrogens is 2. The van der Waals surface area contributed by atoms with Crippen LogP contribution in [-0.2, 0) is 13.0 Å². The SMILES string of the molecule is Cc1nc(N[C@H](C)CO)cc(N2CCc3cc(OC(F)(F)F)ccc3C2)n1. The number of benzene rings is 1. The first-order chi connectivity index (χ1) is 12.7. The second-order valence-electron chi connectivity index (χ2n) is 6.54. The van der Waals surface area contributed by atoms with Crippen molar-refractivity contribution in [2.45, 2.75) is 39.2 Å². The summed E-state index contributed by atoms with van der Waals surface area (Å²) in [5, 5.41) is 12.3. The van der Waals surface area contributed by atoms with Gasteiger partial charge in [0.15, 0.2) is 0 Å². The molecule has 6 nitrogen and oxygen atoms in total. The molecule has 0 fully saturated rings. The Balaban J connectivity index is 1.78. The lowest BCUT2D eigenvalue weighted by Crippen LogP contribution is -2.31. The number of fused-ring (bicyclic) bond motifs is 1. The van der Waals surface area contributed by atoms with Crippen LogP contribution in [0.4, 0.5) is 24.8 Å². The van der Waals surface area contributed by atoms with E-state index in [1.807, 2.05) is 13.0 Å². The number of ether oxygens (including phenoxy) is 1. The first-order valence-corrected chi connectivity index (χ1v) is 8.59. The molecule has 9 heteroatoms. The summed E-state index contributed by atoms with van der Waals surface area (Å²) < 4.78 is 41.1. The van der Waals surface area contributed by atoms with E-state index in [-0.39, 0.29) is 18.4 Å². The lowest BCUT2D eigenvalue weighted by Gasteiger charge is -2.30. The standard InChI is InChI=1S/C18H21F3N4O2/c1-11(10-26)22-16-8-17(24-12(2)23-16)25-6-5-13-7-15(27-18(19,20)21)4-3-14(13)9-25/h3-4,7-8,11,26H,5-6,9-10H2,1-2H3,(H,22,23,24)/t11-/m1/s1. The summed E-state index contributed by atoms with van der Waals surface area (Å²) in [5.74, 6) is 1.76. The van der Waals surface area contributed by atoms with Crippen molar-refractivity contribution in [2.24, 2.45) is 0 Å². The topological polar surface area (TPSA) is 70.5 Å². The van der Waals surface area contributed by atoms with E-state index in [0.29, 0.717) is 31.2 Å². The van der Waals surface area contributed by atoms with E-state index in [0.717, 1.165) is 16.9 Å². The molecule has 0 unspecified atom stereocenters. The molecule has 1 aliphatic heterocycles. The molecule has 1 atom stereocenters. The summed E-state index contributed by atoms with van der Waals surface area (Å²) in [6, 6.07) is 6.11. The molecule has 2 aromatic rings. The third-order valence-corrected chi connectivity index (χ3v) is 4.24. The Morgan fingerprint density at radius 1 is 1.26 bits per heavy atom. The van der Waals surface area contributed by atoms with E-state index in [2.05, 4.69) is 24.9 Å². The molecule has 2 N–H and O–H groups in total. The number of aliphatic hydroxyl groups is 1. The molecule has 0 bridgehead atoms. The van der Waals surface area contributed by atoms with E-state index in [1.165, 1.54) is 12.1 Å². The molecule has 0 amide bonds. The lowest BCUT2D eigenvalue weighted by atomic mass is 9.99. The van der Waals surface area contributed by atoms with Gasteiger partial charge in [-0.05, 0) is 43.5 Å². The predicted octanol–water partition coefficient (Wildman–Crippen LogP) is 3.04. The molecule has 1 aliphatic rings. The van der Waals surface area contributed by atoms with Crippen LogP contribution < -0.4 is 15.0 Å². The van der Waals surface area contributed by atoms with Crippen LogP contribution in [0.15, 0.2) is 24.3 Å². The molecule has 146 valence electrons. The Hall–Kier alpha value is -2.55. The Bertz CT molecular complexity index is 814. The number of aliphatic hydroxyl groups excluding tert-OH is 1. The molecular weight excluding hydrogens is 361 g/mol. The first kappa shape index (κ1) is 19.2. The number of hydrogen-bond donors (Lipinski definition) is 2. The third kappa shape index (κ3) is 5.00. The van der Waals surface area contributed by atoms with E-state index in [1.54, 1.807) is 13.0 Å². The summed E-state index contributed by atoms with van der Waals surface area (Å²) in [7, 11) is 0. The van der Waals surface area contributed by atoms with E-state index in [9.17, 15) is 18.3 Å². The van der Waals surface area contributed by atoms with Crippen molar-refractivity contribution in [2.75, 3.05) is 23.4 Å². The number of aryl methyl sites for hydroxylation is 1. The zero-order valence-corrected chi connectivity index (χ0v) is 15.0. The number of nitrogens with one attached hydrogen (secondary N) is 1. The minimum absolute atomic E-state index is 0.0161. The smallest absolute Gasteiger partial charge is 0.406 e. The van der Waals surface area contributed by atoms with Crippen molar-refractivity contribution in [3.63, 3.8) is 0 Å². The van der Waals surface area contributed by atoms with Gasteiger partial charge in [0.2, 0.25) is 0 Å². The normalized spacial score (nSPS) is 15.3. The Morgan fingerprint density at radius 3 is 2.74 bits per heavy atom. The first-order valence-electron chi connectivity index (χ1n) is 8.59. The van der Waals surface area contributed by atoms with E-state index in [4.69, 9.17) is 0 Å². The van der Waals surface area contributed by atoms with Crippen LogP contribution in [0.2, 0.25) is 0 Å². The van der Waals surface area contributed by atoms with Crippen LogP contribution in [0.1, 0.15) is 23.9 Å². The van der Waals surface area contributed by atoms with Gasteiger partial charge in [0, 0.05) is 25.2 Å². The minimum Gasteiger partial charge on any atom is -0.406 e. The molecule has 0 saturated carbocycles. The molecule has 0 radical (unpaired) electrons. The summed E-state index contributed by atoms with van der Waals surface area (Å²) in [5.41, 5.74) is 1.77. The van der Waals surface area contributed by atoms with Crippen LogP contribution in [0, 0.1) is 6.92 Å². The lowest BCUT2D eigenvalue weighted by molar-refractivity contribution is -0.274. The number of hydrogen-bond acceptors (Lipinski definition) is 6. The molecule has 0 spiro atoms. The monoisotopic (exact) mass is 382 g/mol. The molecule has 0 saturated heterocycles. The summed E-state index contributed by atoms with van der Waals surface area (Å²) in [6.45, 7) is 4.77. The van der Waals surface area contributed by atoms with Gasteiger partial charge in [0.05, 0.1) is 6.61 Å². The van der Waals surface area contributed by atoms with Crippen LogP contribution in [-0.4, -0.2) is 40.6 Å². The summed E-state index contributed by atoms with van der Waals surface area (Å²) >= 11 is 0. The van der Waals surface area contributed by atoms with Crippen LogP contribution in [0.25, 0.3) is 0 Å². The third-order valence-electron chi connectivity index (χ3n) is 4.24. The van der Waals surface area contributed by atoms with Crippen molar-refractivity contribution in [1.29, 1.82) is 0 Å². The van der Waals surface area contributed by atoms with Crippen LogP contribution in [0.5, 0.6) is 5.75 Å². The molecule has 0 aliphatic carbocycles. The molecule has 27 heavy (non-hydrogen) atoms. The van der Waals surface area contributed by atoms with Gasteiger partial charge in [0.1, 0.15) is 23.2 Å². The average Bonchev–Trinajstić information content (AvgIpc) is 2.59. The number of anilines is 2. The summed E-state index contributed by atoms with van der Waals surface area (Å²) in [4.78, 5) is 10.8. The van der Waals surface area contributed by atoms with Crippen molar-refractivity contribution in [1.82, 2.24) is 9.97 Å². The number of halogens is 3. The Morgan fingerprint density at radius 2 is 2.04 bits per heavy atom. The van der Waals surface area contributed by atoms with Gasteiger partial charge in [-0.3, -0.25) is 0 Å². The quantitative estimate of drug-likeness (QED) is 0.828. The number of alkyl halides is 3. The predicted molar refractivity (Wildman–Crippen MR) is 94.8 cm³/mol. The summed E-state index contributed by atoms with van der Waals surface area (Å²) in [6.07, 6.45) is -4.11. The molecule has 2 heterocycles. The second kappa shape index (κ2) is 7.59. The highest BCUT2D eigenvalue weighted by Gasteiger charge is 2.31. The molecular formula is C18H21F3N4O2. The zero-order valence-electron chi connectivity index (χ0n) is 15.0. The van der Waals surface area contributed by atoms with E-state index < -0.39 is 6.36 Å². The molecule has 3 rings (SSSR count). The second-order valence-corrected chi connectivity index (χ2v) is 6.54. The number of nitrogens with zero attached hydrogens (tertiary/aromatic N) is 3. The number of rotatable bonds is 5. The van der Waals surface area contributed by atoms with Gasteiger partial charge in [-0.15, -0.1) is 13.2 Å². The highest BCUT2D eigenvalue weighted by molar-refractivity contribution is 5.52.